The minimum absolute atomic E-state index is 0.0753. The molecule has 1 nitrogen and oxygen atoms in total. The summed E-state index contributed by atoms with van der Waals surface area (Å²) in [7, 11) is 0. The molecule has 1 aromatic rings. The van der Waals surface area contributed by atoms with Gasteiger partial charge in [-0.3, -0.25) is 4.39 Å². The predicted octanol–water partition coefficient (Wildman–Crippen LogP) is 9.03. The highest BCUT2D eigenvalue weighted by molar-refractivity contribution is 5.34. The van der Waals surface area contributed by atoms with Gasteiger partial charge in [0.15, 0.2) is 11.6 Å². The van der Waals surface area contributed by atoms with E-state index in [0.29, 0.717) is 23.8 Å². The van der Waals surface area contributed by atoms with Crippen molar-refractivity contribution in [1.82, 2.24) is 0 Å². The molecule has 33 heavy (non-hydrogen) atoms. The van der Waals surface area contributed by atoms with Crippen LogP contribution in [0.1, 0.15) is 88.5 Å². The number of halogens is 6. The Labute approximate surface area is 192 Å². The van der Waals surface area contributed by atoms with E-state index in [4.69, 9.17) is 0 Å². The van der Waals surface area contributed by atoms with Gasteiger partial charge in [0, 0.05) is 0 Å². The van der Waals surface area contributed by atoms with Crippen molar-refractivity contribution in [2.75, 3.05) is 6.67 Å². The van der Waals surface area contributed by atoms with Crippen molar-refractivity contribution in [3.05, 3.63) is 41.5 Å². The molecule has 2 aliphatic carbocycles. The molecule has 2 aliphatic rings. The van der Waals surface area contributed by atoms with E-state index in [9.17, 15) is 26.3 Å². The molecule has 0 aromatic heterocycles. The number of rotatable bonds is 9. The Balaban J connectivity index is 1.44. The molecule has 186 valence electrons. The largest absolute Gasteiger partial charge is 0.573 e. The second-order valence-electron chi connectivity index (χ2n) is 9.64. The van der Waals surface area contributed by atoms with Crippen LogP contribution in [0.5, 0.6) is 5.75 Å². The van der Waals surface area contributed by atoms with Crippen molar-refractivity contribution in [2.24, 2.45) is 17.8 Å². The van der Waals surface area contributed by atoms with E-state index in [1.807, 2.05) is 6.08 Å². The van der Waals surface area contributed by atoms with Crippen LogP contribution < -0.4 is 4.74 Å². The van der Waals surface area contributed by atoms with Crippen LogP contribution in [0.4, 0.5) is 26.3 Å². The maximum absolute atomic E-state index is 13.9. The summed E-state index contributed by atoms with van der Waals surface area (Å²) < 4.78 is 81.0. The van der Waals surface area contributed by atoms with Gasteiger partial charge in [-0.05, 0) is 99.2 Å². The molecule has 0 heterocycles. The number of unbranched alkanes of at least 4 members (excludes halogenated alkanes) is 1. The molecular weight excluding hydrogens is 442 g/mol. The zero-order valence-corrected chi connectivity index (χ0v) is 19.0. The fourth-order valence-corrected chi connectivity index (χ4v) is 5.71. The molecule has 0 saturated heterocycles. The second kappa shape index (κ2) is 12.2. The minimum Gasteiger partial charge on any atom is -0.403 e. The number of ether oxygens (including phenoxy) is 1. The van der Waals surface area contributed by atoms with Crippen molar-refractivity contribution >= 4 is 0 Å². The Hall–Kier alpha value is -1.66. The summed E-state index contributed by atoms with van der Waals surface area (Å²) in [6.07, 6.45) is 11.2. The van der Waals surface area contributed by atoms with Crippen LogP contribution >= 0.6 is 0 Å². The predicted molar refractivity (Wildman–Crippen MR) is 117 cm³/mol. The highest BCUT2D eigenvalue weighted by Gasteiger charge is 2.35. The first kappa shape index (κ1) is 26.0. The smallest absolute Gasteiger partial charge is 0.403 e. The van der Waals surface area contributed by atoms with Gasteiger partial charge in [0.25, 0.3) is 0 Å². The average Bonchev–Trinajstić information content (AvgIpc) is 2.79. The maximum atomic E-state index is 13.9. The summed E-state index contributed by atoms with van der Waals surface area (Å²) in [5.41, 5.74) is 0.385. The van der Waals surface area contributed by atoms with Crippen molar-refractivity contribution in [2.45, 2.75) is 89.3 Å². The molecule has 0 N–H and O–H groups in total. The van der Waals surface area contributed by atoms with Gasteiger partial charge >= 0.3 is 6.36 Å². The number of allylic oxidation sites excluding steroid dienone is 2. The first-order chi connectivity index (χ1) is 15.8. The molecule has 2 fully saturated rings. The van der Waals surface area contributed by atoms with E-state index in [0.717, 1.165) is 56.6 Å². The molecule has 2 saturated carbocycles. The quantitative estimate of drug-likeness (QED) is 0.196. The lowest BCUT2D eigenvalue weighted by Crippen LogP contribution is -2.25. The number of benzene rings is 1. The minimum atomic E-state index is -5.06. The normalized spacial score (nSPS) is 26.6. The van der Waals surface area contributed by atoms with Gasteiger partial charge in [-0.2, -0.15) is 4.39 Å². The first-order valence-electron chi connectivity index (χ1n) is 12.2. The summed E-state index contributed by atoms with van der Waals surface area (Å²) in [5, 5.41) is 0. The Morgan fingerprint density at radius 1 is 0.848 bits per heavy atom. The van der Waals surface area contributed by atoms with Crippen LogP contribution in [-0.2, 0) is 0 Å². The molecule has 0 radical (unpaired) electrons. The monoisotopic (exact) mass is 476 g/mol. The van der Waals surface area contributed by atoms with Crippen LogP contribution in [0.25, 0.3) is 0 Å². The van der Waals surface area contributed by atoms with Crippen LogP contribution in [0.2, 0.25) is 0 Å². The number of alkyl halides is 4. The molecule has 3 rings (SSSR count). The van der Waals surface area contributed by atoms with Gasteiger partial charge in [0.05, 0.1) is 6.67 Å². The average molecular weight is 477 g/mol. The summed E-state index contributed by atoms with van der Waals surface area (Å²) in [6.45, 7) is -0.295. The van der Waals surface area contributed by atoms with Crippen LogP contribution in [0, 0.1) is 29.4 Å². The summed E-state index contributed by atoms with van der Waals surface area (Å²) in [6, 6.07) is 2.02. The Bertz CT molecular complexity index is 759. The lowest BCUT2D eigenvalue weighted by atomic mass is 9.68. The maximum Gasteiger partial charge on any atom is 0.573 e. The SMILES string of the molecule is FCC/C=C/CCC[C@H]1CC[C@H](C2CCC(c3cc(F)c(F)c(OC(F)(F)F)c3)CC2)CC1. The van der Waals surface area contributed by atoms with Crippen LogP contribution in [0.15, 0.2) is 24.3 Å². The zero-order valence-electron chi connectivity index (χ0n) is 19.0. The molecule has 7 heteroatoms. The number of hydrogen-bond acceptors (Lipinski definition) is 1. The van der Waals surface area contributed by atoms with Gasteiger partial charge in [-0.15, -0.1) is 13.2 Å². The van der Waals surface area contributed by atoms with E-state index in [2.05, 4.69) is 10.8 Å². The molecule has 0 amide bonds. The summed E-state index contributed by atoms with van der Waals surface area (Å²) in [4.78, 5) is 0. The highest BCUT2D eigenvalue weighted by Crippen LogP contribution is 2.45. The first-order valence-corrected chi connectivity index (χ1v) is 12.2. The number of hydrogen-bond donors (Lipinski definition) is 0. The van der Waals surface area contributed by atoms with Crippen molar-refractivity contribution in [1.29, 1.82) is 0 Å². The van der Waals surface area contributed by atoms with Crippen LogP contribution in [-0.4, -0.2) is 13.0 Å². The van der Waals surface area contributed by atoms with Crippen LogP contribution in [0.3, 0.4) is 0 Å². The Morgan fingerprint density at radius 2 is 1.45 bits per heavy atom. The third-order valence-electron chi connectivity index (χ3n) is 7.47. The second-order valence-corrected chi connectivity index (χ2v) is 9.64. The van der Waals surface area contributed by atoms with Gasteiger partial charge in [0.1, 0.15) is 0 Å². The van der Waals surface area contributed by atoms with Gasteiger partial charge in [-0.1, -0.05) is 31.4 Å². The Morgan fingerprint density at radius 3 is 2.06 bits per heavy atom. The van der Waals surface area contributed by atoms with Crippen molar-refractivity contribution in [3.8, 4) is 5.75 Å². The highest BCUT2D eigenvalue weighted by atomic mass is 19.4. The molecule has 0 spiro atoms. The molecule has 0 unspecified atom stereocenters. The molecule has 1 aromatic carbocycles. The molecular formula is C26H34F6O. The topological polar surface area (TPSA) is 9.23 Å². The van der Waals surface area contributed by atoms with Gasteiger partial charge in [-0.25, -0.2) is 4.39 Å². The van der Waals surface area contributed by atoms with Gasteiger partial charge in [0.2, 0.25) is 5.82 Å². The fourth-order valence-electron chi connectivity index (χ4n) is 5.71. The summed E-state index contributed by atoms with van der Waals surface area (Å²) in [5.74, 6) is -2.02. The third kappa shape index (κ3) is 7.96. The lowest BCUT2D eigenvalue weighted by Gasteiger charge is -2.38. The fraction of sp³-hybridized carbons (Fsp3) is 0.692. The van der Waals surface area contributed by atoms with E-state index in [-0.39, 0.29) is 12.6 Å². The van der Waals surface area contributed by atoms with Crippen molar-refractivity contribution in [3.63, 3.8) is 0 Å². The third-order valence-corrected chi connectivity index (χ3v) is 7.47. The van der Waals surface area contributed by atoms with Crippen molar-refractivity contribution < 1.29 is 31.1 Å². The van der Waals surface area contributed by atoms with E-state index < -0.39 is 23.7 Å². The van der Waals surface area contributed by atoms with E-state index >= 15 is 0 Å². The Kier molecular flexibility index (Phi) is 9.57. The molecule has 0 atom stereocenters. The molecule has 0 aliphatic heterocycles. The van der Waals surface area contributed by atoms with Gasteiger partial charge < -0.3 is 4.74 Å². The lowest BCUT2D eigenvalue weighted by molar-refractivity contribution is -0.275. The standard InChI is InChI=1S/C26H34F6O/c27-15-5-3-1-2-4-6-18-7-9-19(10-8-18)20-11-13-21(14-12-20)22-16-23(28)25(29)24(17-22)33-26(30,31)32/h1,3,16-21H,2,4-15H2/b3-1+/t18-,19-,20?,21?. The molecule has 0 bridgehead atoms. The summed E-state index contributed by atoms with van der Waals surface area (Å²) >= 11 is 0. The zero-order chi connectivity index (χ0) is 23.8. The van der Waals surface area contributed by atoms with E-state index in [1.54, 1.807) is 0 Å². The van der Waals surface area contributed by atoms with E-state index in [1.165, 1.54) is 32.1 Å².